The van der Waals surface area contributed by atoms with Crippen LogP contribution in [0.4, 0.5) is 39.5 Å². The third-order valence-electron chi connectivity index (χ3n) is 6.41. The summed E-state index contributed by atoms with van der Waals surface area (Å²) in [4.78, 5) is 0. The molecule has 0 N–H and O–H groups in total. The van der Waals surface area contributed by atoms with Gasteiger partial charge in [-0.1, -0.05) is 50.2 Å². The van der Waals surface area contributed by atoms with Crippen LogP contribution in [0.2, 0.25) is 0 Å². The van der Waals surface area contributed by atoms with Gasteiger partial charge in [0, 0.05) is 0 Å². The minimum atomic E-state index is -8.01. The molecule has 0 saturated carbocycles. The van der Waals surface area contributed by atoms with Gasteiger partial charge in [0.25, 0.3) is 0 Å². The molecule has 1 unspecified atom stereocenters. The summed E-state index contributed by atoms with van der Waals surface area (Å²) in [7, 11) is -22.7. The molecule has 0 aromatic heterocycles. The first-order valence-corrected chi connectivity index (χ1v) is 16.7. The number of sulfonamides is 2. The molecule has 0 fully saturated rings. The van der Waals surface area contributed by atoms with Crippen molar-refractivity contribution in [1.29, 1.82) is 0 Å². The molecule has 0 aliphatic rings. The molecule has 1 atom stereocenters. The first-order valence-electron chi connectivity index (χ1n) is 12.4. The summed E-state index contributed by atoms with van der Waals surface area (Å²) in [6.45, 7) is 3.93. The number of halogens is 9. The van der Waals surface area contributed by atoms with Gasteiger partial charge in [-0.15, -0.1) is 0 Å². The molecular weight excluding hydrogens is 709 g/mol. The van der Waals surface area contributed by atoms with Crippen molar-refractivity contribution in [3.63, 3.8) is 0 Å². The van der Waals surface area contributed by atoms with Crippen molar-refractivity contribution >= 4 is 40.9 Å². The lowest BCUT2D eigenvalue weighted by molar-refractivity contribution is -0.245. The maximum Gasteiger partial charge on any atom is 0.480 e. The molecule has 0 heterocycles. The summed E-state index contributed by atoms with van der Waals surface area (Å²) >= 11 is 0. The largest absolute Gasteiger partial charge is 0.489 e. The van der Waals surface area contributed by atoms with Crippen molar-refractivity contribution in [3.8, 4) is 11.5 Å². The highest BCUT2D eigenvalue weighted by Crippen LogP contribution is 2.53. The van der Waals surface area contributed by atoms with Crippen LogP contribution in [0.3, 0.4) is 0 Å². The van der Waals surface area contributed by atoms with Gasteiger partial charge < -0.3 is 13.0 Å². The zero-order valence-electron chi connectivity index (χ0n) is 23.1. The molecule has 46 heavy (non-hydrogen) atoms. The minimum Gasteiger partial charge on any atom is -0.489 e. The number of hydrogen-bond acceptors (Lipinski definition) is 8. The predicted octanol–water partition coefficient (Wildman–Crippen LogP) is 7.01. The van der Waals surface area contributed by atoms with E-state index in [0.29, 0.717) is 27.9 Å². The van der Waals surface area contributed by atoms with E-state index in [0.717, 1.165) is 34.9 Å². The van der Waals surface area contributed by atoms with Crippen molar-refractivity contribution in [1.82, 2.24) is 0 Å². The van der Waals surface area contributed by atoms with E-state index in [-0.39, 0.29) is 12.2 Å². The highest BCUT2D eigenvalue weighted by Gasteiger charge is 2.81. The van der Waals surface area contributed by atoms with Crippen LogP contribution in [0, 0.1) is 0 Å². The molecule has 3 aromatic rings. The maximum absolute atomic E-state index is 14.3. The smallest absolute Gasteiger partial charge is 0.480 e. The fraction of sp³-hybridized carbons (Fsp3) is 0.360. The fourth-order valence-electron chi connectivity index (χ4n) is 3.57. The second-order valence-electron chi connectivity index (χ2n) is 9.63. The van der Waals surface area contributed by atoms with Crippen molar-refractivity contribution in [2.24, 2.45) is 0 Å². The van der Waals surface area contributed by atoms with Gasteiger partial charge in [0.05, 0.1) is 0 Å². The number of ether oxygens (including phenoxy) is 1. The van der Waals surface area contributed by atoms with Crippen molar-refractivity contribution in [2.45, 2.75) is 54.7 Å². The van der Waals surface area contributed by atoms with Crippen LogP contribution < -0.4 is 8.92 Å². The second-order valence-corrected chi connectivity index (χ2v) is 14.7. The highest BCUT2D eigenvalue weighted by molar-refractivity contribution is 8.13. The first-order chi connectivity index (χ1) is 20.8. The molecular formula is C25H21F9NO8S3-. The lowest BCUT2D eigenvalue weighted by Gasteiger charge is -2.35. The highest BCUT2D eigenvalue weighted by atomic mass is 32.3. The van der Waals surface area contributed by atoms with E-state index >= 15 is 0 Å². The number of rotatable bonds is 13. The van der Waals surface area contributed by atoms with Crippen molar-refractivity contribution in [3.05, 3.63) is 75.9 Å². The van der Waals surface area contributed by atoms with Gasteiger partial charge in [-0.3, -0.25) is 0 Å². The van der Waals surface area contributed by atoms with E-state index in [9.17, 15) is 64.8 Å². The third-order valence-corrected chi connectivity index (χ3v) is 10.8. The Morgan fingerprint density at radius 3 is 1.76 bits per heavy atom. The van der Waals surface area contributed by atoms with E-state index in [1.54, 1.807) is 18.2 Å². The van der Waals surface area contributed by atoms with Gasteiger partial charge in [-0.25, -0.2) is 16.8 Å². The van der Waals surface area contributed by atoms with Crippen molar-refractivity contribution in [2.75, 3.05) is 0 Å². The first kappa shape index (κ1) is 37.2. The Hall–Kier alpha value is -3.30. The summed E-state index contributed by atoms with van der Waals surface area (Å²) in [6, 6.07) is 14.3. The number of alkyl halides is 9. The number of fused-ring (bicyclic) bond motifs is 1. The standard InChI is InChI=1S/C25H21F9NO8S3/c1-3-15(2)17-6-7-19-13-21(11-8-18(19)12-17)42-14-16-4-9-20(10-5-16)43-46(40,41)24(30,31)22(26,27)23(28,29)44(36,37)35-45(38,39)25(32,33)34/h4-13,15H,3,14H2,1-2H3/q-1. The third kappa shape index (κ3) is 7.00. The Balaban J connectivity index is 1.76. The lowest BCUT2D eigenvalue weighted by Crippen LogP contribution is -2.61. The van der Waals surface area contributed by atoms with Gasteiger partial charge in [-0.2, -0.15) is 47.9 Å². The summed E-state index contributed by atoms with van der Waals surface area (Å²) < 4.78 is 200. The molecule has 9 nitrogen and oxygen atoms in total. The Kier molecular flexibility index (Phi) is 10.0. The van der Waals surface area contributed by atoms with Crippen molar-refractivity contribution < 1.29 is 73.7 Å². The van der Waals surface area contributed by atoms with Crippen LogP contribution >= 0.6 is 0 Å². The molecule has 3 aromatic carbocycles. The molecule has 256 valence electrons. The van der Waals surface area contributed by atoms with E-state index in [4.69, 9.17) is 4.74 Å². The average molecular weight is 731 g/mol. The lowest BCUT2D eigenvalue weighted by atomic mass is 9.96. The summed E-state index contributed by atoms with van der Waals surface area (Å²) in [5.41, 5.74) is -5.35. The van der Waals surface area contributed by atoms with E-state index in [1.807, 2.05) is 18.2 Å². The van der Waals surface area contributed by atoms with Crippen LogP contribution in [0.15, 0.2) is 60.7 Å². The van der Waals surface area contributed by atoms with Crippen LogP contribution in [0.5, 0.6) is 11.5 Å². The predicted molar refractivity (Wildman–Crippen MR) is 145 cm³/mol. The molecule has 0 radical (unpaired) electrons. The Bertz CT molecular complexity index is 1920. The maximum atomic E-state index is 14.3. The van der Waals surface area contributed by atoms with E-state index in [2.05, 4.69) is 18.0 Å². The summed E-state index contributed by atoms with van der Waals surface area (Å²) in [6.07, 6.45) is 0.941. The zero-order valence-corrected chi connectivity index (χ0v) is 25.6. The van der Waals surface area contributed by atoms with E-state index < -0.39 is 57.9 Å². The topological polar surface area (TPSA) is 135 Å². The Morgan fingerprint density at radius 1 is 0.696 bits per heavy atom. The molecule has 3 rings (SSSR count). The number of hydrogen-bond donors (Lipinski definition) is 0. The van der Waals surface area contributed by atoms with Crippen LogP contribution in [0.1, 0.15) is 37.3 Å². The zero-order chi connectivity index (χ0) is 35.1. The molecule has 0 aliphatic heterocycles. The quantitative estimate of drug-likeness (QED) is 0.135. The van der Waals surface area contributed by atoms with Gasteiger partial charge in [0.2, 0.25) is 0 Å². The molecule has 0 saturated heterocycles. The number of benzene rings is 3. The monoisotopic (exact) mass is 730 g/mol. The Labute approximate surface area is 256 Å². The van der Waals surface area contributed by atoms with Gasteiger partial charge in [0.1, 0.15) is 18.1 Å². The normalized spacial score (nSPS) is 14.7. The fourth-order valence-corrected chi connectivity index (χ4v) is 6.74. The SMILES string of the molecule is CCC(C)c1ccc2cc(OCc3ccc(OS(=O)(=O)C(F)(F)C(F)(F)C(F)(F)S(=O)(=O)[N-]S(=O)(=O)C(F)(F)F)cc3)ccc2c1. The number of nitrogens with zero attached hydrogens (tertiary/aromatic N) is 1. The van der Waals surface area contributed by atoms with Crippen LogP contribution in [-0.4, -0.2) is 47.2 Å². The molecule has 21 heteroatoms. The molecule has 0 spiro atoms. The second kappa shape index (κ2) is 12.4. The average Bonchev–Trinajstić information content (AvgIpc) is 2.94. The molecule has 0 bridgehead atoms. The van der Waals surface area contributed by atoms with E-state index in [1.165, 1.54) is 0 Å². The Morgan fingerprint density at radius 2 is 1.22 bits per heavy atom. The molecule has 0 aliphatic carbocycles. The minimum absolute atomic E-state index is 0.202. The van der Waals surface area contributed by atoms with Gasteiger partial charge in [0.15, 0.2) is 20.0 Å². The molecule has 0 amide bonds. The summed E-state index contributed by atoms with van der Waals surface area (Å²) in [5, 5.41) is -12.9. The van der Waals surface area contributed by atoms with Gasteiger partial charge >= 0.3 is 32.1 Å². The van der Waals surface area contributed by atoms with Crippen LogP contribution in [0.25, 0.3) is 14.9 Å². The summed E-state index contributed by atoms with van der Waals surface area (Å²) in [5.74, 6) is -8.06. The van der Waals surface area contributed by atoms with Gasteiger partial charge in [-0.05, 0) is 58.5 Å². The van der Waals surface area contributed by atoms with Crippen LogP contribution in [-0.2, 0) is 36.8 Å².